The van der Waals surface area contributed by atoms with Crippen molar-refractivity contribution in [3.63, 3.8) is 0 Å². The van der Waals surface area contributed by atoms with Crippen LogP contribution < -0.4 is 5.32 Å². The highest BCUT2D eigenvalue weighted by molar-refractivity contribution is 5.75. The summed E-state index contributed by atoms with van der Waals surface area (Å²) in [5, 5.41) is 3.01. The molecular formula is C9H17NO2. The number of allylic oxidation sites excluding steroid dienone is 1. The molecule has 0 spiro atoms. The maximum atomic E-state index is 10.9. The van der Waals surface area contributed by atoms with E-state index in [9.17, 15) is 4.79 Å². The fourth-order valence-corrected chi connectivity index (χ4v) is 0.700. The first-order valence-corrected chi connectivity index (χ1v) is 4.02. The van der Waals surface area contributed by atoms with E-state index in [0.717, 1.165) is 0 Å². The van der Waals surface area contributed by atoms with Crippen molar-refractivity contribution in [2.24, 2.45) is 0 Å². The van der Waals surface area contributed by atoms with Crippen LogP contribution in [0.4, 0.5) is 0 Å². The molecule has 70 valence electrons. The molecule has 3 nitrogen and oxygen atoms in total. The van der Waals surface area contributed by atoms with Crippen LogP contribution in [0.5, 0.6) is 0 Å². The quantitative estimate of drug-likeness (QED) is 0.508. The van der Waals surface area contributed by atoms with Crippen molar-refractivity contribution in [2.75, 3.05) is 13.7 Å². The van der Waals surface area contributed by atoms with Crippen molar-refractivity contribution in [1.29, 1.82) is 0 Å². The monoisotopic (exact) mass is 171 g/mol. The Kier molecular flexibility index (Phi) is 5.37. The first kappa shape index (κ1) is 11.2. The minimum atomic E-state index is -0.231. The molecule has 12 heavy (non-hydrogen) atoms. The average molecular weight is 171 g/mol. The van der Waals surface area contributed by atoms with Gasteiger partial charge in [0.1, 0.15) is 6.04 Å². The van der Waals surface area contributed by atoms with E-state index in [1.807, 2.05) is 19.9 Å². The Morgan fingerprint density at radius 1 is 1.58 bits per heavy atom. The Balaban J connectivity index is 3.64. The van der Waals surface area contributed by atoms with Crippen LogP contribution in [0.3, 0.4) is 0 Å². The Hall–Kier alpha value is -0.830. The molecule has 0 aliphatic carbocycles. The predicted molar refractivity (Wildman–Crippen MR) is 48.9 cm³/mol. The summed E-state index contributed by atoms with van der Waals surface area (Å²) in [7, 11) is 1.39. The van der Waals surface area contributed by atoms with E-state index in [0.29, 0.717) is 6.54 Å². The Morgan fingerprint density at radius 2 is 2.17 bits per heavy atom. The van der Waals surface area contributed by atoms with Crippen LogP contribution in [0.15, 0.2) is 11.6 Å². The van der Waals surface area contributed by atoms with E-state index >= 15 is 0 Å². The summed E-state index contributed by atoms with van der Waals surface area (Å²) in [6.07, 6.45) is 2.03. The molecule has 0 aliphatic heterocycles. The number of esters is 1. The van der Waals surface area contributed by atoms with Gasteiger partial charge < -0.3 is 10.1 Å². The van der Waals surface area contributed by atoms with Gasteiger partial charge in [-0.25, -0.2) is 0 Å². The number of rotatable bonds is 4. The lowest BCUT2D eigenvalue weighted by molar-refractivity contribution is -0.142. The summed E-state index contributed by atoms with van der Waals surface area (Å²) in [6, 6.07) is -0.231. The SMILES string of the molecule is COC(=O)C(C)NCC=C(C)C. The van der Waals surface area contributed by atoms with Crippen LogP contribution in [0, 0.1) is 0 Å². The molecule has 0 saturated carbocycles. The van der Waals surface area contributed by atoms with E-state index in [4.69, 9.17) is 0 Å². The molecule has 1 N–H and O–H groups in total. The summed E-state index contributed by atoms with van der Waals surface area (Å²) >= 11 is 0. The smallest absolute Gasteiger partial charge is 0.322 e. The summed E-state index contributed by atoms with van der Waals surface area (Å²) < 4.78 is 4.55. The van der Waals surface area contributed by atoms with Gasteiger partial charge in [0.15, 0.2) is 0 Å². The second-order valence-corrected chi connectivity index (χ2v) is 2.93. The number of carbonyl (C=O) groups excluding carboxylic acids is 1. The standard InChI is InChI=1S/C9H17NO2/c1-7(2)5-6-10-8(3)9(11)12-4/h5,8,10H,6H2,1-4H3. The fraction of sp³-hybridized carbons (Fsp3) is 0.667. The van der Waals surface area contributed by atoms with Crippen molar-refractivity contribution in [3.8, 4) is 0 Å². The third-order valence-corrected chi connectivity index (χ3v) is 1.49. The lowest BCUT2D eigenvalue weighted by atomic mass is 10.3. The fourth-order valence-electron chi connectivity index (χ4n) is 0.700. The maximum Gasteiger partial charge on any atom is 0.322 e. The molecule has 0 radical (unpaired) electrons. The van der Waals surface area contributed by atoms with Crippen molar-refractivity contribution in [2.45, 2.75) is 26.8 Å². The van der Waals surface area contributed by atoms with E-state index in [-0.39, 0.29) is 12.0 Å². The lowest BCUT2D eigenvalue weighted by Crippen LogP contribution is -2.34. The van der Waals surface area contributed by atoms with Crippen LogP contribution in [0.1, 0.15) is 20.8 Å². The highest BCUT2D eigenvalue weighted by atomic mass is 16.5. The van der Waals surface area contributed by atoms with E-state index in [1.54, 1.807) is 6.92 Å². The third kappa shape index (κ3) is 4.91. The molecule has 3 heteroatoms. The van der Waals surface area contributed by atoms with E-state index in [2.05, 4.69) is 10.1 Å². The summed E-state index contributed by atoms with van der Waals surface area (Å²) in [4.78, 5) is 10.9. The molecule has 0 aromatic heterocycles. The number of hydrogen-bond acceptors (Lipinski definition) is 3. The summed E-state index contributed by atoms with van der Waals surface area (Å²) in [5.74, 6) is -0.225. The molecular weight excluding hydrogens is 154 g/mol. The first-order valence-electron chi connectivity index (χ1n) is 4.02. The van der Waals surface area contributed by atoms with Crippen molar-refractivity contribution < 1.29 is 9.53 Å². The van der Waals surface area contributed by atoms with E-state index < -0.39 is 0 Å². The van der Waals surface area contributed by atoms with E-state index in [1.165, 1.54) is 12.7 Å². The molecule has 1 atom stereocenters. The van der Waals surface area contributed by atoms with Gasteiger partial charge in [0, 0.05) is 6.54 Å². The van der Waals surface area contributed by atoms with Crippen molar-refractivity contribution in [3.05, 3.63) is 11.6 Å². The molecule has 0 bridgehead atoms. The van der Waals surface area contributed by atoms with Gasteiger partial charge in [0.25, 0.3) is 0 Å². The normalized spacial score (nSPS) is 12.0. The maximum absolute atomic E-state index is 10.9. The highest BCUT2D eigenvalue weighted by Crippen LogP contribution is 1.88. The zero-order valence-electron chi connectivity index (χ0n) is 8.18. The molecule has 0 rings (SSSR count). The van der Waals surface area contributed by atoms with Crippen molar-refractivity contribution >= 4 is 5.97 Å². The molecule has 0 heterocycles. The second kappa shape index (κ2) is 5.77. The van der Waals surface area contributed by atoms with Gasteiger partial charge in [0.2, 0.25) is 0 Å². The molecule has 0 aromatic rings. The Morgan fingerprint density at radius 3 is 2.58 bits per heavy atom. The number of nitrogens with one attached hydrogen (secondary N) is 1. The zero-order valence-corrected chi connectivity index (χ0v) is 8.18. The molecule has 0 aromatic carbocycles. The largest absolute Gasteiger partial charge is 0.468 e. The van der Waals surface area contributed by atoms with Crippen LogP contribution in [-0.2, 0) is 9.53 Å². The number of ether oxygens (including phenoxy) is 1. The molecule has 1 unspecified atom stereocenters. The predicted octanol–water partition coefficient (Wildman–Crippen LogP) is 1.10. The van der Waals surface area contributed by atoms with Crippen LogP contribution in [-0.4, -0.2) is 25.7 Å². The minimum Gasteiger partial charge on any atom is -0.468 e. The van der Waals surface area contributed by atoms with Crippen molar-refractivity contribution in [1.82, 2.24) is 5.32 Å². The average Bonchev–Trinajstić information content (AvgIpc) is 2.02. The molecule has 0 amide bonds. The Labute approximate surface area is 73.8 Å². The van der Waals surface area contributed by atoms with Crippen LogP contribution >= 0.6 is 0 Å². The number of hydrogen-bond donors (Lipinski definition) is 1. The second-order valence-electron chi connectivity index (χ2n) is 2.93. The van der Waals surface area contributed by atoms with Gasteiger partial charge in [-0.2, -0.15) is 0 Å². The summed E-state index contributed by atoms with van der Waals surface area (Å²) in [6.45, 7) is 6.53. The van der Waals surface area contributed by atoms with Gasteiger partial charge in [-0.15, -0.1) is 0 Å². The number of methoxy groups -OCH3 is 1. The Bertz CT molecular complexity index is 171. The topological polar surface area (TPSA) is 38.3 Å². The van der Waals surface area contributed by atoms with Crippen LogP contribution in [0.2, 0.25) is 0 Å². The highest BCUT2D eigenvalue weighted by Gasteiger charge is 2.09. The van der Waals surface area contributed by atoms with Gasteiger partial charge in [0.05, 0.1) is 7.11 Å². The first-order chi connectivity index (χ1) is 5.57. The minimum absolute atomic E-state index is 0.225. The third-order valence-electron chi connectivity index (χ3n) is 1.49. The summed E-state index contributed by atoms with van der Waals surface area (Å²) in [5.41, 5.74) is 1.24. The van der Waals surface area contributed by atoms with Gasteiger partial charge in [-0.05, 0) is 20.8 Å². The lowest BCUT2D eigenvalue weighted by Gasteiger charge is -2.09. The zero-order chi connectivity index (χ0) is 9.56. The molecule has 0 aliphatic rings. The molecule has 0 fully saturated rings. The van der Waals surface area contributed by atoms with Gasteiger partial charge in [-0.3, -0.25) is 4.79 Å². The van der Waals surface area contributed by atoms with Crippen LogP contribution in [0.25, 0.3) is 0 Å². The van der Waals surface area contributed by atoms with Gasteiger partial charge in [-0.1, -0.05) is 11.6 Å². The number of carbonyl (C=O) groups is 1. The molecule has 0 saturated heterocycles. The van der Waals surface area contributed by atoms with Gasteiger partial charge >= 0.3 is 5.97 Å².